The molecule has 0 saturated heterocycles. The lowest BCUT2D eigenvalue weighted by Crippen LogP contribution is -1.97. The van der Waals surface area contributed by atoms with Crippen molar-refractivity contribution in [1.29, 1.82) is 0 Å². The lowest BCUT2D eigenvalue weighted by atomic mass is 10.1. The second kappa shape index (κ2) is 7.66. The predicted octanol–water partition coefficient (Wildman–Crippen LogP) is 6.91. The van der Waals surface area contributed by atoms with Gasteiger partial charge in [-0.2, -0.15) is 0 Å². The van der Waals surface area contributed by atoms with Gasteiger partial charge in [0.2, 0.25) is 0 Å². The van der Waals surface area contributed by atoms with Crippen LogP contribution in [0.3, 0.4) is 0 Å². The van der Waals surface area contributed by atoms with Crippen LogP contribution in [0.5, 0.6) is 0 Å². The summed E-state index contributed by atoms with van der Waals surface area (Å²) in [5, 5.41) is 1.35. The number of nitrogens with zero attached hydrogens (tertiary/aromatic N) is 1. The lowest BCUT2D eigenvalue weighted by molar-refractivity contribution is 0.829. The first-order valence-electron chi connectivity index (χ1n) is 9.42. The van der Waals surface area contributed by atoms with E-state index in [0.717, 1.165) is 12.3 Å². The van der Waals surface area contributed by atoms with Crippen molar-refractivity contribution in [3.63, 3.8) is 0 Å². The van der Waals surface area contributed by atoms with Crippen LogP contribution >= 0.6 is 11.8 Å². The zero-order valence-corrected chi connectivity index (χ0v) is 17.0. The van der Waals surface area contributed by atoms with Crippen molar-refractivity contribution in [3.05, 3.63) is 101 Å². The molecular weight excluding hydrogens is 346 g/mol. The molecule has 1 heterocycles. The molecule has 2 heteroatoms. The van der Waals surface area contributed by atoms with Crippen LogP contribution in [0, 0.1) is 20.8 Å². The van der Waals surface area contributed by atoms with E-state index in [4.69, 9.17) is 0 Å². The Kier molecular flexibility index (Phi) is 5.09. The number of hydrogen-bond acceptors (Lipinski definition) is 1. The second-order valence-corrected chi connectivity index (χ2v) is 8.36. The summed E-state index contributed by atoms with van der Waals surface area (Å²) in [5.74, 6) is 1.01. The van der Waals surface area contributed by atoms with Crippen LogP contribution in [0.15, 0.2) is 77.8 Å². The fraction of sp³-hybridized carbons (Fsp3) is 0.200. The average molecular weight is 372 g/mol. The molecule has 1 aromatic heterocycles. The summed E-state index contributed by atoms with van der Waals surface area (Å²) in [6, 6.07) is 24.3. The molecule has 0 aliphatic rings. The van der Waals surface area contributed by atoms with Crippen LogP contribution in [-0.2, 0) is 12.3 Å². The lowest BCUT2D eigenvalue weighted by Gasteiger charge is -2.06. The molecule has 0 atom stereocenters. The van der Waals surface area contributed by atoms with E-state index in [1.807, 2.05) is 11.8 Å². The van der Waals surface area contributed by atoms with Crippen molar-refractivity contribution in [1.82, 2.24) is 4.57 Å². The van der Waals surface area contributed by atoms with Crippen molar-refractivity contribution >= 4 is 22.7 Å². The first kappa shape index (κ1) is 17.9. The van der Waals surface area contributed by atoms with E-state index < -0.39 is 0 Å². The third-order valence-corrected chi connectivity index (χ3v) is 6.21. The number of fused-ring (bicyclic) bond motifs is 1. The van der Waals surface area contributed by atoms with Crippen molar-refractivity contribution < 1.29 is 0 Å². The van der Waals surface area contributed by atoms with E-state index in [2.05, 4.69) is 98.3 Å². The minimum absolute atomic E-state index is 0.908. The molecule has 4 aromatic rings. The first-order chi connectivity index (χ1) is 13.1. The Morgan fingerprint density at radius 3 is 2.37 bits per heavy atom. The maximum atomic E-state index is 2.38. The molecule has 0 saturated carbocycles. The number of aryl methyl sites for hydroxylation is 3. The van der Waals surface area contributed by atoms with Crippen molar-refractivity contribution in [3.8, 4) is 0 Å². The number of benzene rings is 3. The molecule has 0 N–H and O–H groups in total. The third kappa shape index (κ3) is 3.96. The molecule has 0 radical (unpaired) electrons. The minimum Gasteiger partial charge on any atom is -0.342 e. The molecule has 0 unspecified atom stereocenters. The van der Waals surface area contributed by atoms with Gasteiger partial charge in [-0.25, -0.2) is 0 Å². The van der Waals surface area contributed by atoms with Gasteiger partial charge in [0, 0.05) is 34.3 Å². The number of rotatable bonds is 5. The van der Waals surface area contributed by atoms with Gasteiger partial charge < -0.3 is 4.57 Å². The molecule has 0 aliphatic heterocycles. The van der Waals surface area contributed by atoms with Crippen LogP contribution in [-0.4, -0.2) is 4.57 Å². The maximum Gasteiger partial charge on any atom is 0.0495 e. The Morgan fingerprint density at radius 1 is 0.815 bits per heavy atom. The van der Waals surface area contributed by atoms with Crippen LogP contribution in [0.25, 0.3) is 10.9 Å². The molecule has 4 rings (SSSR count). The zero-order chi connectivity index (χ0) is 18.8. The number of thioether (sulfide) groups is 1. The van der Waals surface area contributed by atoms with Gasteiger partial charge in [-0.05, 0) is 43.5 Å². The van der Waals surface area contributed by atoms with E-state index in [1.165, 1.54) is 43.6 Å². The summed E-state index contributed by atoms with van der Waals surface area (Å²) >= 11 is 1.94. The molecule has 0 bridgehead atoms. The summed E-state index contributed by atoms with van der Waals surface area (Å²) in [4.78, 5) is 1.36. The van der Waals surface area contributed by atoms with Gasteiger partial charge in [0.05, 0.1) is 0 Å². The van der Waals surface area contributed by atoms with Crippen LogP contribution in [0.1, 0.15) is 27.8 Å². The van der Waals surface area contributed by atoms with Gasteiger partial charge in [0.15, 0.2) is 0 Å². The first-order valence-corrected chi connectivity index (χ1v) is 10.4. The summed E-state index contributed by atoms with van der Waals surface area (Å²) in [7, 11) is 0. The molecule has 1 nitrogen and oxygen atoms in total. The van der Waals surface area contributed by atoms with E-state index in [9.17, 15) is 0 Å². The Labute approximate surface area is 166 Å². The Bertz CT molecular complexity index is 1070. The highest BCUT2D eigenvalue weighted by Gasteiger charge is 2.10. The number of para-hydroxylation sites is 1. The number of aromatic nitrogens is 1. The fourth-order valence-corrected chi connectivity index (χ4v) is 4.61. The molecule has 27 heavy (non-hydrogen) atoms. The fourth-order valence-electron chi connectivity index (χ4n) is 3.46. The highest BCUT2D eigenvalue weighted by Crippen LogP contribution is 2.33. The third-order valence-electron chi connectivity index (χ3n) is 5.11. The van der Waals surface area contributed by atoms with Crippen molar-refractivity contribution in [2.75, 3.05) is 0 Å². The standard InChI is InChI=1S/C25H25NS/c1-18-9-12-21(13-10-18)15-26-16-25(23-6-4-5-7-24(23)26)27-17-22-14-19(2)8-11-20(22)3/h4-14,16H,15,17H2,1-3H3. The quantitative estimate of drug-likeness (QED) is 0.345. The molecule has 0 aliphatic carbocycles. The van der Waals surface area contributed by atoms with Crippen LogP contribution in [0.2, 0.25) is 0 Å². The van der Waals surface area contributed by atoms with Crippen molar-refractivity contribution in [2.45, 2.75) is 38.0 Å². The molecule has 0 spiro atoms. The Morgan fingerprint density at radius 2 is 1.56 bits per heavy atom. The summed E-state index contributed by atoms with van der Waals surface area (Å²) in [6.07, 6.45) is 2.32. The molecule has 0 fully saturated rings. The molecule has 0 amide bonds. The smallest absolute Gasteiger partial charge is 0.0495 e. The average Bonchev–Trinajstić information content (AvgIpc) is 3.02. The van der Waals surface area contributed by atoms with E-state index in [0.29, 0.717) is 0 Å². The van der Waals surface area contributed by atoms with Gasteiger partial charge in [-0.3, -0.25) is 0 Å². The molecule has 136 valence electrons. The largest absolute Gasteiger partial charge is 0.342 e. The summed E-state index contributed by atoms with van der Waals surface area (Å²) in [6.45, 7) is 7.42. The van der Waals surface area contributed by atoms with E-state index in [1.54, 1.807) is 0 Å². The Balaban J connectivity index is 1.63. The summed E-state index contributed by atoms with van der Waals surface area (Å²) < 4.78 is 2.38. The van der Waals surface area contributed by atoms with Crippen LogP contribution < -0.4 is 0 Å². The topological polar surface area (TPSA) is 4.93 Å². The second-order valence-electron chi connectivity index (χ2n) is 7.34. The summed E-state index contributed by atoms with van der Waals surface area (Å²) in [5.41, 5.74) is 8.08. The minimum atomic E-state index is 0.908. The van der Waals surface area contributed by atoms with Crippen molar-refractivity contribution in [2.24, 2.45) is 0 Å². The molecular formula is C25H25NS. The zero-order valence-electron chi connectivity index (χ0n) is 16.2. The van der Waals surface area contributed by atoms with E-state index in [-0.39, 0.29) is 0 Å². The van der Waals surface area contributed by atoms with Gasteiger partial charge in [0.1, 0.15) is 0 Å². The normalized spacial score (nSPS) is 11.2. The van der Waals surface area contributed by atoms with Gasteiger partial charge in [-0.15, -0.1) is 11.8 Å². The predicted molar refractivity (Wildman–Crippen MR) is 118 cm³/mol. The Hall–Kier alpha value is -2.45. The van der Waals surface area contributed by atoms with Gasteiger partial charge >= 0.3 is 0 Å². The highest BCUT2D eigenvalue weighted by molar-refractivity contribution is 7.98. The van der Waals surface area contributed by atoms with Crippen LogP contribution in [0.4, 0.5) is 0 Å². The number of hydrogen-bond donors (Lipinski definition) is 0. The van der Waals surface area contributed by atoms with Gasteiger partial charge in [0.25, 0.3) is 0 Å². The monoisotopic (exact) mass is 371 g/mol. The highest BCUT2D eigenvalue weighted by atomic mass is 32.2. The molecule has 3 aromatic carbocycles. The maximum absolute atomic E-state index is 2.38. The van der Waals surface area contributed by atoms with Gasteiger partial charge in [-0.1, -0.05) is 71.8 Å². The van der Waals surface area contributed by atoms with E-state index >= 15 is 0 Å². The SMILES string of the molecule is Cc1ccc(Cn2cc(SCc3cc(C)ccc3C)c3ccccc32)cc1.